The zero-order valence-electron chi connectivity index (χ0n) is 16.3. The molecule has 0 N–H and O–H groups in total. The number of hydrogen-bond donors (Lipinski definition) is 0. The van der Waals surface area contributed by atoms with Crippen LogP contribution in [0.15, 0.2) is 90.6 Å². The van der Waals surface area contributed by atoms with E-state index < -0.39 is 0 Å². The number of fused-ring (bicyclic) bond motifs is 4. The van der Waals surface area contributed by atoms with Crippen LogP contribution in [0.25, 0.3) is 63.4 Å². The molecule has 0 bridgehead atoms. The number of para-hydroxylation sites is 2. The lowest BCUT2D eigenvalue weighted by Gasteiger charge is -1.90. The van der Waals surface area contributed by atoms with Crippen LogP contribution >= 0.6 is 54.5 Å². The SMILES string of the molecule is Brc1c(-c2cc3cc4sc(-c5oc6ccccc6c5Br)cc4cc3s2)oc2ccccc12. The molecule has 0 unspecified atom stereocenters. The first-order chi connectivity index (χ1) is 15.7. The standard InChI is InChI=1S/C26H12Br2O2S2/c27-23-15-5-1-3-7-17(15)29-25(23)21-11-13-9-20-14(10-19(13)31-21)12-22(32-20)26-24(28)16-6-2-4-8-18(16)30-26/h1-12H. The number of benzene rings is 3. The number of rotatable bonds is 2. The molecular formula is C26H12Br2O2S2. The summed E-state index contributed by atoms with van der Waals surface area (Å²) in [6.45, 7) is 0. The van der Waals surface area contributed by atoms with E-state index >= 15 is 0 Å². The third kappa shape index (κ3) is 2.80. The molecule has 0 saturated heterocycles. The van der Waals surface area contributed by atoms with E-state index in [2.05, 4.69) is 68.3 Å². The Kier molecular flexibility index (Phi) is 4.22. The monoisotopic (exact) mass is 578 g/mol. The van der Waals surface area contributed by atoms with E-state index in [1.54, 1.807) is 22.7 Å². The van der Waals surface area contributed by atoms with E-state index in [1.807, 2.05) is 36.4 Å². The van der Waals surface area contributed by atoms with Crippen molar-refractivity contribution in [3.05, 3.63) is 81.7 Å². The molecule has 7 aromatic rings. The zero-order chi connectivity index (χ0) is 21.4. The molecule has 4 aromatic heterocycles. The molecule has 0 aliphatic heterocycles. The van der Waals surface area contributed by atoms with Crippen molar-refractivity contribution in [2.75, 3.05) is 0 Å². The first kappa shape index (κ1) is 19.1. The molecule has 0 atom stereocenters. The first-order valence-electron chi connectivity index (χ1n) is 9.98. The van der Waals surface area contributed by atoms with Gasteiger partial charge in [-0.2, -0.15) is 0 Å². The van der Waals surface area contributed by atoms with E-state index in [0.29, 0.717) is 0 Å². The minimum Gasteiger partial charge on any atom is -0.454 e. The van der Waals surface area contributed by atoms with E-state index in [9.17, 15) is 0 Å². The Labute approximate surface area is 207 Å². The number of thiophene rings is 2. The second-order valence-corrected chi connectivity index (χ2v) is 11.4. The maximum atomic E-state index is 6.16. The largest absolute Gasteiger partial charge is 0.454 e. The lowest BCUT2D eigenvalue weighted by atomic mass is 10.2. The molecule has 154 valence electrons. The molecule has 0 aliphatic rings. The van der Waals surface area contributed by atoms with Gasteiger partial charge in [-0.3, -0.25) is 0 Å². The van der Waals surface area contributed by atoms with Gasteiger partial charge in [-0.15, -0.1) is 22.7 Å². The third-order valence-electron chi connectivity index (χ3n) is 5.67. The summed E-state index contributed by atoms with van der Waals surface area (Å²) in [5, 5.41) is 4.65. The molecule has 0 fully saturated rings. The van der Waals surface area contributed by atoms with Gasteiger partial charge in [-0.05, 0) is 91.2 Å². The highest BCUT2D eigenvalue weighted by Gasteiger charge is 2.18. The normalized spacial score (nSPS) is 12.1. The van der Waals surface area contributed by atoms with E-state index in [1.165, 1.54) is 20.2 Å². The van der Waals surface area contributed by atoms with E-state index in [4.69, 9.17) is 8.83 Å². The molecule has 0 amide bonds. The summed E-state index contributed by atoms with van der Waals surface area (Å²) >= 11 is 11.0. The van der Waals surface area contributed by atoms with Crippen LogP contribution in [0.2, 0.25) is 0 Å². The highest BCUT2D eigenvalue weighted by molar-refractivity contribution is 9.11. The fourth-order valence-corrected chi connectivity index (χ4v) is 7.81. The summed E-state index contributed by atoms with van der Waals surface area (Å²) in [5.74, 6) is 1.78. The molecule has 3 aromatic carbocycles. The van der Waals surface area contributed by atoms with E-state index in [-0.39, 0.29) is 0 Å². The summed E-state index contributed by atoms with van der Waals surface area (Å²) in [6, 6.07) is 25.2. The quantitative estimate of drug-likeness (QED) is 0.203. The highest BCUT2D eigenvalue weighted by Crippen LogP contribution is 2.46. The van der Waals surface area contributed by atoms with Gasteiger partial charge < -0.3 is 8.83 Å². The summed E-state index contributed by atoms with van der Waals surface area (Å²) < 4.78 is 16.8. The molecule has 6 heteroatoms. The average molecular weight is 580 g/mol. The molecule has 2 nitrogen and oxygen atoms in total. The van der Waals surface area contributed by atoms with Crippen molar-refractivity contribution in [3.63, 3.8) is 0 Å². The zero-order valence-corrected chi connectivity index (χ0v) is 21.1. The number of hydrogen-bond acceptors (Lipinski definition) is 4. The van der Waals surface area contributed by atoms with Gasteiger partial charge in [0.05, 0.1) is 18.7 Å². The van der Waals surface area contributed by atoms with Crippen LogP contribution in [-0.2, 0) is 0 Å². The molecule has 0 radical (unpaired) electrons. The minimum absolute atomic E-state index is 0.891. The molecule has 7 rings (SSSR count). The van der Waals surface area contributed by atoms with Crippen molar-refractivity contribution in [1.29, 1.82) is 0 Å². The Morgan fingerprint density at radius 2 is 1.00 bits per heavy atom. The predicted molar refractivity (Wildman–Crippen MR) is 143 cm³/mol. The van der Waals surface area contributed by atoms with Crippen LogP contribution in [0.3, 0.4) is 0 Å². The van der Waals surface area contributed by atoms with Crippen molar-refractivity contribution in [3.8, 4) is 21.3 Å². The second-order valence-electron chi connectivity index (χ2n) is 7.63. The van der Waals surface area contributed by atoms with Gasteiger partial charge in [0.15, 0.2) is 11.5 Å². The molecule has 0 aliphatic carbocycles. The highest BCUT2D eigenvalue weighted by atomic mass is 79.9. The number of halogens is 2. The fourth-order valence-electron chi connectivity index (χ4n) is 4.14. The third-order valence-corrected chi connectivity index (χ3v) is 9.44. The number of furan rings is 2. The summed E-state index contributed by atoms with van der Waals surface area (Å²) in [4.78, 5) is 2.25. The topological polar surface area (TPSA) is 26.3 Å². The second kappa shape index (κ2) is 7.06. The Morgan fingerprint density at radius 1 is 0.562 bits per heavy atom. The van der Waals surface area contributed by atoms with Crippen molar-refractivity contribution >= 4 is 96.6 Å². The smallest absolute Gasteiger partial charge is 0.159 e. The summed E-state index contributed by atoms with van der Waals surface area (Å²) in [7, 11) is 0. The van der Waals surface area contributed by atoms with Gasteiger partial charge in [0.2, 0.25) is 0 Å². The van der Waals surface area contributed by atoms with Gasteiger partial charge in [0.1, 0.15) is 11.2 Å². The molecular weight excluding hydrogens is 568 g/mol. The maximum absolute atomic E-state index is 6.16. The van der Waals surface area contributed by atoms with Crippen LogP contribution < -0.4 is 0 Å². The Hall–Kier alpha value is -2.38. The van der Waals surface area contributed by atoms with Gasteiger partial charge in [0.25, 0.3) is 0 Å². The molecule has 0 spiro atoms. The fraction of sp³-hybridized carbons (Fsp3) is 0. The Balaban J connectivity index is 1.37. The van der Waals surface area contributed by atoms with Gasteiger partial charge in [-0.25, -0.2) is 0 Å². The van der Waals surface area contributed by atoms with Crippen molar-refractivity contribution in [1.82, 2.24) is 0 Å². The minimum atomic E-state index is 0.891. The molecule has 0 saturated carbocycles. The maximum Gasteiger partial charge on any atom is 0.159 e. The summed E-state index contributed by atoms with van der Waals surface area (Å²) in [6.07, 6.45) is 0. The lowest BCUT2D eigenvalue weighted by Crippen LogP contribution is -1.66. The first-order valence-corrected chi connectivity index (χ1v) is 13.2. The van der Waals surface area contributed by atoms with Crippen molar-refractivity contribution in [2.24, 2.45) is 0 Å². The van der Waals surface area contributed by atoms with Crippen LogP contribution in [0.1, 0.15) is 0 Å². The predicted octanol–water partition coefficient (Wildman–Crippen LogP) is 10.5. The van der Waals surface area contributed by atoms with Crippen LogP contribution in [-0.4, -0.2) is 0 Å². The molecule has 4 heterocycles. The van der Waals surface area contributed by atoms with Crippen LogP contribution in [0, 0.1) is 0 Å². The van der Waals surface area contributed by atoms with Crippen LogP contribution in [0.5, 0.6) is 0 Å². The molecule has 32 heavy (non-hydrogen) atoms. The van der Waals surface area contributed by atoms with Gasteiger partial charge in [-0.1, -0.05) is 24.3 Å². The van der Waals surface area contributed by atoms with E-state index in [0.717, 1.165) is 52.2 Å². The Morgan fingerprint density at radius 3 is 1.44 bits per heavy atom. The van der Waals surface area contributed by atoms with Crippen molar-refractivity contribution < 1.29 is 8.83 Å². The van der Waals surface area contributed by atoms with Crippen molar-refractivity contribution in [2.45, 2.75) is 0 Å². The van der Waals surface area contributed by atoms with Gasteiger partial charge >= 0.3 is 0 Å². The summed E-state index contributed by atoms with van der Waals surface area (Å²) in [5.41, 5.74) is 1.79. The lowest BCUT2D eigenvalue weighted by molar-refractivity contribution is 0.631. The van der Waals surface area contributed by atoms with Crippen LogP contribution in [0.4, 0.5) is 0 Å². The van der Waals surface area contributed by atoms with Gasteiger partial charge in [0, 0.05) is 20.2 Å². The Bertz CT molecular complexity index is 1640. The average Bonchev–Trinajstić information content (AvgIpc) is 3.56.